The molecule has 4 aromatic rings. The molecule has 0 spiro atoms. The summed E-state index contributed by atoms with van der Waals surface area (Å²) in [7, 11) is 0. The van der Waals surface area contributed by atoms with Gasteiger partial charge in [0.05, 0.1) is 11.3 Å². The van der Waals surface area contributed by atoms with Crippen molar-refractivity contribution in [2.24, 2.45) is 0 Å². The van der Waals surface area contributed by atoms with Gasteiger partial charge in [0, 0.05) is 17.2 Å². The molecule has 1 amide bonds. The van der Waals surface area contributed by atoms with Crippen LogP contribution in [-0.4, -0.2) is 16.2 Å². The van der Waals surface area contributed by atoms with Crippen molar-refractivity contribution >= 4 is 11.8 Å². The van der Waals surface area contributed by atoms with Crippen LogP contribution in [0, 0.1) is 13.8 Å². The Morgan fingerprint density at radius 2 is 1.74 bits per heavy atom. The van der Waals surface area contributed by atoms with E-state index in [1.165, 1.54) is 5.56 Å². The number of hydrogen-bond acceptors (Lipinski definition) is 6. The molecule has 1 N–H and O–H groups in total. The summed E-state index contributed by atoms with van der Waals surface area (Å²) in [6.45, 7) is 6.18. The van der Waals surface area contributed by atoms with Gasteiger partial charge in [-0.3, -0.25) is 10.1 Å². The minimum atomic E-state index is -0.290. The Kier molecular flexibility index (Phi) is 5.84. The summed E-state index contributed by atoms with van der Waals surface area (Å²) in [4.78, 5) is 12.5. The Bertz CT molecular complexity index is 1160. The number of aryl methyl sites for hydroxylation is 3. The zero-order valence-electron chi connectivity index (χ0n) is 17.6. The number of nitrogens with zero attached hydrogens (tertiary/aromatic N) is 2. The molecule has 0 saturated carbocycles. The summed E-state index contributed by atoms with van der Waals surface area (Å²) >= 11 is 0. The molecule has 0 saturated heterocycles. The summed E-state index contributed by atoms with van der Waals surface area (Å²) in [5, 5.41) is 10.7. The molecule has 158 valence electrons. The highest BCUT2D eigenvalue weighted by Crippen LogP contribution is 2.23. The van der Waals surface area contributed by atoms with Gasteiger partial charge in [-0.1, -0.05) is 41.5 Å². The third-order valence-electron chi connectivity index (χ3n) is 5.09. The molecule has 0 bridgehead atoms. The zero-order chi connectivity index (χ0) is 21.8. The molecule has 0 fully saturated rings. The third kappa shape index (κ3) is 4.66. The average Bonchev–Trinajstić information content (AvgIpc) is 3.39. The van der Waals surface area contributed by atoms with Crippen molar-refractivity contribution in [1.82, 2.24) is 10.3 Å². The van der Waals surface area contributed by atoms with Crippen molar-refractivity contribution in [3.05, 3.63) is 82.7 Å². The number of aromatic nitrogens is 2. The molecule has 0 aliphatic carbocycles. The molecule has 2 heterocycles. The van der Waals surface area contributed by atoms with Crippen LogP contribution in [0.4, 0.5) is 5.88 Å². The molecule has 0 atom stereocenters. The molecule has 2 aromatic heterocycles. The van der Waals surface area contributed by atoms with Gasteiger partial charge in [0.2, 0.25) is 5.88 Å². The smallest absolute Gasteiger partial charge is 0.258 e. The van der Waals surface area contributed by atoms with E-state index >= 15 is 0 Å². The van der Waals surface area contributed by atoms with Crippen LogP contribution >= 0.6 is 0 Å². The molecule has 7 nitrogen and oxygen atoms in total. The number of benzene rings is 2. The van der Waals surface area contributed by atoms with Crippen molar-refractivity contribution < 1.29 is 18.6 Å². The predicted octanol–water partition coefficient (Wildman–Crippen LogP) is 5.34. The SMILES string of the molecule is CCc1ccc(-c2cc(NC(=O)c3ccc(OCc4c(C)noc4C)cc3)on2)cc1. The van der Waals surface area contributed by atoms with Gasteiger partial charge in [-0.15, -0.1) is 0 Å². The molecule has 0 aliphatic rings. The fraction of sp³-hybridized carbons (Fsp3) is 0.208. The van der Waals surface area contributed by atoms with Crippen molar-refractivity contribution in [1.29, 1.82) is 0 Å². The van der Waals surface area contributed by atoms with E-state index in [9.17, 15) is 4.79 Å². The van der Waals surface area contributed by atoms with Gasteiger partial charge in [0.25, 0.3) is 5.91 Å². The van der Waals surface area contributed by atoms with Crippen molar-refractivity contribution in [3.63, 3.8) is 0 Å². The number of ether oxygens (including phenoxy) is 1. The average molecular weight is 417 g/mol. The van der Waals surface area contributed by atoms with E-state index in [1.807, 2.05) is 26.0 Å². The van der Waals surface area contributed by atoms with Crippen LogP contribution in [-0.2, 0) is 13.0 Å². The maximum Gasteiger partial charge on any atom is 0.258 e. The first-order chi connectivity index (χ1) is 15.0. The largest absolute Gasteiger partial charge is 0.489 e. The topological polar surface area (TPSA) is 90.4 Å². The number of anilines is 1. The summed E-state index contributed by atoms with van der Waals surface area (Å²) in [6.07, 6.45) is 0.976. The lowest BCUT2D eigenvalue weighted by Crippen LogP contribution is -2.11. The van der Waals surface area contributed by atoms with Gasteiger partial charge in [-0.2, -0.15) is 0 Å². The Labute approximate surface area is 180 Å². The van der Waals surface area contributed by atoms with Crippen LogP contribution in [0.25, 0.3) is 11.3 Å². The second-order valence-electron chi connectivity index (χ2n) is 7.20. The first-order valence-electron chi connectivity index (χ1n) is 10.1. The number of nitrogens with one attached hydrogen (secondary N) is 1. The normalized spacial score (nSPS) is 10.8. The monoisotopic (exact) mass is 417 g/mol. The Hall–Kier alpha value is -3.87. The molecule has 4 rings (SSSR count). The van der Waals surface area contributed by atoms with E-state index in [1.54, 1.807) is 30.3 Å². The fourth-order valence-corrected chi connectivity index (χ4v) is 3.13. The lowest BCUT2D eigenvalue weighted by molar-refractivity contribution is 0.102. The molecule has 0 unspecified atom stereocenters. The predicted molar refractivity (Wildman–Crippen MR) is 116 cm³/mol. The Morgan fingerprint density at radius 1 is 1.00 bits per heavy atom. The summed E-state index contributed by atoms with van der Waals surface area (Å²) in [6, 6.07) is 16.7. The number of hydrogen-bond donors (Lipinski definition) is 1. The van der Waals surface area contributed by atoms with Gasteiger partial charge in [0.1, 0.15) is 23.8 Å². The van der Waals surface area contributed by atoms with E-state index in [4.69, 9.17) is 13.8 Å². The van der Waals surface area contributed by atoms with Crippen molar-refractivity contribution in [2.75, 3.05) is 5.32 Å². The van der Waals surface area contributed by atoms with Crippen molar-refractivity contribution in [2.45, 2.75) is 33.8 Å². The Balaban J connectivity index is 1.37. The second-order valence-corrected chi connectivity index (χ2v) is 7.20. The fourth-order valence-electron chi connectivity index (χ4n) is 3.13. The number of rotatable bonds is 7. The Morgan fingerprint density at radius 3 is 2.39 bits per heavy atom. The molecule has 0 radical (unpaired) electrons. The van der Waals surface area contributed by atoms with Crippen LogP contribution in [0.5, 0.6) is 5.75 Å². The van der Waals surface area contributed by atoms with Gasteiger partial charge in [-0.25, -0.2) is 0 Å². The maximum atomic E-state index is 12.5. The molecule has 2 aromatic carbocycles. The summed E-state index contributed by atoms with van der Waals surface area (Å²) in [5.41, 5.74) is 5.06. The maximum absolute atomic E-state index is 12.5. The van der Waals surface area contributed by atoms with E-state index in [0.29, 0.717) is 29.5 Å². The van der Waals surface area contributed by atoms with E-state index in [2.05, 4.69) is 34.7 Å². The highest BCUT2D eigenvalue weighted by molar-refractivity contribution is 6.03. The summed E-state index contributed by atoms with van der Waals surface area (Å²) < 4.78 is 16.2. The number of amides is 1. The molecular weight excluding hydrogens is 394 g/mol. The van der Waals surface area contributed by atoms with Crippen LogP contribution in [0.15, 0.2) is 63.6 Å². The first kappa shape index (κ1) is 20.4. The van der Waals surface area contributed by atoms with E-state index in [0.717, 1.165) is 29.0 Å². The molecular formula is C24H23N3O4. The highest BCUT2D eigenvalue weighted by Gasteiger charge is 2.13. The summed E-state index contributed by atoms with van der Waals surface area (Å²) in [5.74, 6) is 1.38. The third-order valence-corrected chi connectivity index (χ3v) is 5.09. The van der Waals surface area contributed by atoms with Crippen LogP contribution in [0.2, 0.25) is 0 Å². The van der Waals surface area contributed by atoms with Crippen LogP contribution in [0.1, 0.15) is 39.9 Å². The van der Waals surface area contributed by atoms with Gasteiger partial charge < -0.3 is 13.8 Å². The lowest BCUT2D eigenvalue weighted by atomic mass is 10.1. The second kappa shape index (κ2) is 8.87. The minimum absolute atomic E-state index is 0.290. The number of carbonyl (C=O) groups is 1. The molecule has 31 heavy (non-hydrogen) atoms. The lowest BCUT2D eigenvalue weighted by Gasteiger charge is -2.07. The number of carbonyl (C=O) groups excluding carboxylic acids is 1. The van der Waals surface area contributed by atoms with Crippen LogP contribution < -0.4 is 10.1 Å². The van der Waals surface area contributed by atoms with Gasteiger partial charge >= 0.3 is 0 Å². The zero-order valence-corrected chi connectivity index (χ0v) is 17.6. The van der Waals surface area contributed by atoms with Gasteiger partial charge in [-0.05, 0) is 50.1 Å². The molecule has 0 aliphatic heterocycles. The minimum Gasteiger partial charge on any atom is -0.489 e. The molecule has 7 heteroatoms. The van der Waals surface area contributed by atoms with Crippen LogP contribution in [0.3, 0.4) is 0 Å². The quantitative estimate of drug-likeness (QED) is 0.436. The van der Waals surface area contributed by atoms with Gasteiger partial charge in [0.15, 0.2) is 0 Å². The van der Waals surface area contributed by atoms with Crippen molar-refractivity contribution in [3.8, 4) is 17.0 Å². The standard InChI is InChI=1S/C24H23N3O4/c1-4-17-5-7-18(8-6-17)22-13-23(31-27-22)25-24(28)19-9-11-20(12-10-19)29-14-21-15(2)26-30-16(21)3/h5-13H,4,14H2,1-3H3,(H,25,28). The van der Waals surface area contributed by atoms with E-state index in [-0.39, 0.29) is 5.91 Å². The van der Waals surface area contributed by atoms with E-state index < -0.39 is 0 Å². The highest BCUT2D eigenvalue weighted by atomic mass is 16.5. The first-order valence-corrected chi connectivity index (χ1v) is 10.1.